The van der Waals surface area contributed by atoms with E-state index >= 15 is 0 Å². The van der Waals surface area contributed by atoms with Crippen molar-refractivity contribution >= 4 is 27.7 Å². The van der Waals surface area contributed by atoms with Crippen LogP contribution in [0.1, 0.15) is 10.4 Å². The highest BCUT2D eigenvalue weighted by molar-refractivity contribution is 7.88. The van der Waals surface area contributed by atoms with Crippen LogP contribution in [-0.2, 0) is 10.0 Å². The lowest BCUT2D eigenvalue weighted by atomic mass is 10.1. The third-order valence-corrected chi connectivity index (χ3v) is 2.99. The monoisotopic (exact) mass is 319 g/mol. The van der Waals surface area contributed by atoms with Crippen LogP contribution in [0.3, 0.4) is 0 Å². The molecule has 0 aliphatic heterocycles. The summed E-state index contributed by atoms with van der Waals surface area (Å²) in [6, 6.07) is 2.51. The Morgan fingerprint density at radius 2 is 1.95 bits per heavy atom. The quantitative estimate of drug-likeness (QED) is 0.557. The van der Waals surface area contributed by atoms with Crippen LogP contribution in [0.15, 0.2) is 18.2 Å². The maximum atomic E-state index is 13.5. The number of hydrogen-bond acceptors (Lipinski definition) is 4. The summed E-state index contributed by atoms with van der Waals surface area (Å²) < 4.78 is 37.2. The Labute approximate surface area is 120 Å². The maximum Gasteiger partial charge on any atom is 0.337 e. The Hall–Kier alpha value is -2.20. The molecule has 21 heavy (non-hydrogen) atoms. The van der Waals surface area contributed by atoms with Crippen LogP contribution in [0.4, 0.5) is 14.9 Å². The summed E-state index contributed by atoms with van der Waals surface area (Å²) in [5.74, 6) is -2.28. The first kappa shape index (κ1) is 16.9. The van der Waals surface area contributed by atoms with Crippen molar-refractivity contribution in [3.8, 4) is 0 Å². The van der Waals surface area contributed by atoms with Crippen molar-refractivity contribution in [1.82, 2.24) is 10.0 Å². The molecule has 1 rings (SSSR count). The smallest absolute Gasteiger partial charge is 0.337 e. The first-order valence-corrected chi connectivity index (χ1v) is 7.61. The molecule has 0 fully saturated rings. The van der Waals surface area contributed by atoms with Gasteiger partial charge in [0.2, 0.25) is 10.0 Å². The van der Waals surface area contributed by atoms with Crippen molar-refractivity contribution in [3.63, 3.8) is 0 Å². The second-order valence-corrected chi connectivity index (χ2v) is 5.85. The van der Waals surface area contributed by atoms with Crippen molar-refractivity contribution < 1.29 is 27.5 Å². The topological polar surface area (TPSA) is 125 Å². The number of sulfonamides is 1. The van der Waals surface area contributed by atoms with Gasteiger partial charge in [-0.05, 0) is 12.1 Å². The summed E-state index contributed by atoms with van der Waals surface area (Å²) in [6.07, 6.45) is 0.964. The number of anilines is 1. The zero-order valence-electron chi connectivity index (χ0n) is 11.0. The number of carboxylic acid groups (broad SMARTS) is 1. The fourth-order valence-corrected chi connectivity index (χ4v) is 1.87. The lowest BCUT2D eigenvalue weighted by molar-refractivity contribution is 0.0697. The molecule has 10 heteroatoms. The van der Waals surface area contributed by atoms with Crippen LogP contribution in [0.25, 0.3) is 0 Å². The zero-order valence-corrected chi connectivity index (χ0v) is 11.8. The molecule has 0 aliphatic rings. The molecule has 0 bridgehead atoms. The molecular weight excluding hydrogens is 305 g/mol. The van der Waals surface area contributed by atoms with E-state index in [4.69, 9.17) is 5.11 Å². The third-order valence-electron chi connectivity index (χ3n) is 2.26. The normalized spacial score (nSPS) is 11.0. The maximum absolute atomic E-state index is 13.5. The summed E-state index contributed by atoms with van der Waals surface area (Å²) in [6.45, 7) is -0.0922. The molecule has 0 radical (unpaired) electrons. The number of rotatable bonds is 6. The molecule has 0 aromatic heterocycles. The van der Waals surface area contributed by atoms with E-state index in [-0.39, 0.29) is 18.7 Å². The van der Waals surface area contributed by atoms with Gasteiger partial charge in [-0.3, -0.25) is 0 Å². The fraction of sp³-hybridized carbons (Fsp3) is 0.273. The van der Waals surface area contributed by atoms with Gasteiger partial charge >= 0.3 is 12.0 Å². The van der Waals surface area contributed by atoms with Crippen LogP contribution in [0.2, 0.25) is 0 Å². The molecule has 1 aromatic carbocycles. The Morgan fingerprint density at radius 1 is 1.29 bits per heavy atom. The van der Waals surface area contributed by atoms with Crippen molar-refractivity contribution in [2.75, 3.05) is 24.7 Å². The number of carbonyl (C=O) groups is 2. The summed E-state index contributed by atoms with van der Waals surface area (Å²) in [4.78, 5) is 22.4. The van der Waals surface area contributed by atoms with Gasteiger partial charge < -0.3 is 15.7 Å². The second-order valence-electron chi connectivity index (χ2n) is 4.01. The van der Waals surface area contributed by atoms with Crippen molar-refractivity contribution in [2.45, 2.75) is 0 Å². The van der Waals surface area contributed by atoms with Gasteiger partial charge in [0, 0.05) is 13.1 Å². The summed E-state index contributed by atoms with van der Waals surface area (Å²) in [7, 11) is -3.37. The number of aromatic carboxylic acids is 1. The van der Waals surface area contributed by atoms with Crippen LogP contribution < -0.4 is 15.4 Å². The number of hydrogen-bond donors (Lipinski definition) is 4. The Kier molecular flexibility index (Phi) is 5.61. The standard InChI is InChI=1S/C11H14FN3O5S/c1-21(19,20)14-6-5-13-11(18)15-9-7(10(16)17)3-2-4-8(9)12/h2-4,14H,5-6H2,1H3,(H,16,17)(H2,13,15,18). The van der Waals surface area contributed by atoms with E-state index in [0.29, 0.717) is 0 Å². The number of amides is 2. The number of halogens is 1. The molecule has 0 atom stereocenters. The number of nitrogens with one attached hydrogen (secondary N) is 3. The first-order chi connectivity index (χ1) is 9.70. The van der Waals surface area contributed by atoms with E-state index < -0.39 is 33.5 Å². The lowest BCUT2D eigenvalue weighted by Gasteiger charge is -2.10. The van der Waals surface area contributed by atoms with E-state index in [9.17, 15) is 22.4 Å². The van der Waals surface area contributed by atoms with Gasteiger partial charge in [-0.25, -0.2) is 27.1 Å². The van der Waals surface area contributed by atoms with Crippen molar-refractivity contribution in [2.24, 2.45) is 0 Å². The van der Waals surface area contributed by atoms with E-state index in [1.54, 1.807) is 0 Å². The highest BCUT2D eigenvalue weighted by Gasteiger charge is 2.16. The molecule has 1 aromatic rings. The van der Waals surface area contributed by atoms with Gasteiger partial charge in [-0.2, -0.15) is 0 Å². The molecule has 116 valence electrons. The third kappa shape index (κ3) is 5.75. The summed E-state index contributed by atoms with van der Waals surface area (Å²) in [5, 5.41) is 13.2. The number of carboxylic acids is 1. The second kappa shape index (κ2) is 6.99. The summed E-state index contributed by atoms with van der Waals surface area (Å²) >= 11 is 0. The number of urea groups is 1. The molecule has 2 amide bonds. The summed E-state index contributed by atoms with van der Waals surface area (Å²) in [5.41, 5.74) is -0.849. The van der Waals surface area contributed by atoms with E-state index in [0.717, 1.165) is 18.4 Å². The van der Waals surface area contributed by atoms with Gasteiger partial charge in [-0.1, -0.05) is 6.07 Å². The Morgan fingerprint density at radius 3 is 2.52 bits per heavy atom. The number of para-hydroxylation sites is 1. The molecule has 0 heterocycles. The molecule has 0 unspecified atom stereocenters. The highest BCUT2D eigenvalue weighted by Crippen LogP contribution is 2.19. The molecule has 0 saturated heterocycles. The predicted molar refractivity (Wildman–Crippen MR) is 73.2 cm³/mol. The highest BCUT2D eigenvalue weighted by atomic mass is 32.2. The average Bonchev–Trinajstić information content (AvgIpc) is 2.35. The SMILES string of the molecule is CS(=O)(=O)NCCNC(=O)Nc1c(F)cccc1C(=O)O. The van der Waals surface area contributed by atoms with Crippen LogP contribution in [0.5, 0.6) is 0 Å². The van der Waals surface area contributed by atoms with Crippen LogP contribution in [0, 0.1) is 5.82 Å². The molecular formula is C11H14FN3O5S. The molecule has 8 nitrogen and oxygen atoms in total. The fourth-order valence-electron chi connectivity index (χ4n) is 1.40. The molecule has 0 spiro atoms. The van der Waals surface area contributed by atoms with Crippen molar-refractivity contribution in [1.29, 1.82) is 0 Å². The number of benzene rings is 1. The molecule has 4 N–H and O–H groups in total. The van der Waals surface area contributed by atoms with Crippen LogP contribution in [-0.4, -0.2) is 44.9 Å². The zero-order chi connectivity index (χ0) is 16.0. The van der Waals surface area contributed by atoms with E-state index in [2.05, 4.69) is 15.4 Å². The minimum Gasteiger partial charge on any atom is -0.478 e. The van der Waals surface area contributed by atoms with E-state index in [1.165, 1.54) is 6.07 Å². The van der Waals surface area contributed by atoms with Gasteiger partial charge in [0.1, 0.15) is 5.82 Å². The lowest BCUT2D eigenvalue weighted by Crippen LogP contribution is -2.36. The van der Waals surface area contributed by atoms with Gasteiger partial charge in [-0.15, -0.1) is 0 Å². The molecule has 0 saturated carbocycles. The van der Waals surface area contributed by atoms with Gasteiger partial charge in [0.05, 0.1) is 17.5 Å². The van der Waals surface area contributed by atoms with Crippen molar-refractivity contribution in [3.05, 3.63) is 29.6 Å². The van der Waals surface area contributed by atoms with Gasteiger partial charge in [0.25, 0.3) is 0 Å². The molecule has 0 aliphatic carbocycles. The van der Waals surface area contributed by atoms with Gasteiger partial charge in [0.15, 0.2) is 0 Å². The first-order valence-electron chi connectivity index (χ1n) is 5.72. The Bertz CT molecular complexity index is 647. The number of carbonyl (C=O) groups excluding carboxylic acids is 1. The average molecular weight is 319 g/mol. The minimum atomic E-state index is -3.37. The Balaban J connectivity index is 2.61. The van der Waals surface area contributed by atoms with E-state index in [1.807, 2.05) is 0 Å². The minimum absolute atomic E-state index is 0.0459. The largest absolute Gasteiger partial charge is 0.478 e. The van der Waals surface area contributed by atoms with Crippen LogP contribution >= 0.6 is 0 Å². The predicted octanol–water partition coefficient (Wildman–Crippen LogP) is 0.195.